The van der Waals surface area contributed by atoms with Crippen LogP contribution in [0.3, 0.4) is 0 Å². The third kappa shape index (κ3) is 2.60. The monoisotopic (exact) mass is 256 g/mol. The topological polar surface area (TPSA) is 75.4 Å². The molecule has 2 fully saturated rings. The summed E-state index contributed by atoms with van der Waals surface area (Å²) in [7, 11) is 0. The molecule has 0 unspecified atom stereocenters. The van der Waals surface area contributed by atoms with Crippen molar-refractivity contribution in [3.05, 3.63) is 0 Å². The van der Waals surface area contributed by atoms with Gasteiger partial charge < -0.3 is 16.2 Å². The molecule has 0 bridgehead atoms. The van der Waals surface area contributed by atoms with Crippen molar-refractivity contribution in [2.24, 2.45) is 17.1 Å². The summed E-state index contributed by atoms with van der Waals surface area (Å²) in [6.07, 6.45) is 5.46. The molecule has 96 valence electrons. The van der Waals surface area contributed by atoms with Crippen molar-refractivity contribution < 1.29 is 9.90 Å². The molecule has 2 aliphatic rings. The van der Waals surface area contributed by atoms with Gasteiger partial charge in [0.25, 0.3) is 0 Å². The summed E-state index contributed by atoms with van der Waals surface area (Å²) in [6.45, 7) is 0.261. The second-order valence-electron chi connectivity index (χ2n) is 5.32. The van der Waals surface area contributed by atoms with Crippen molar-refractivity contribution >= 4 is 23.1 Å². The van der Waals surface area contributed by atoms with Crippen LogP contribution in [-0.2, 0) is 4.79 Å². The minimum absolute atomic E-state index is 0.0115. The Morgan fingerprint density at radius 1 is 1.35 bits per heavy atom. The van der Waals surface area contributed by atoms with Gasteiger partial charge in [-0.25, -0.2) is 0 Å². The van der Waals surface area contributed by atoms with E-state index in [-0.39, 0.29) is 18.6 Å². The molecule has 17 heavy (non-hydrogen) atoms. The van der Waals surface area contributed by atoms with Gasteiger partial charge in [0.2, 0.25) is 5.91 Å². The number of thiocarbonyl (C=S) groups is 1. The second-order valence-corrected chi connectivity index (χ2v) is 5.76. The number of rotatable bonds is 4. The fourth-order valence-electron chi connectivity index (χ4n) is 2.52. The quantitative estimate of drug-likeness (QED) is 0.648. The molecule has 0 aromatic carbocycles. The zero-order valence-electron chi connectivity index (χ0n) is 9.95. The lowest BCUT2D eigenvalue weighted by Gasteiger charge is -2.29. The van der Waals surface area contributed by atoms with Crippen LogP contribution < -0.4 is 11.1 Å². The van der Waals surface area contributed by atoms with Crippen molar-refractivity contribution in [3.8, 4) is 0 Å². The Bertz CT molecular complexity index is 320. The van der Waals surface area contributed by atoms with E-state index in [0.717, 1.165) is 38.5 Å². The molecular formula is C12H20N2O2S. The minimum Gasteiger partial charge on any atom is -0.396 e. The van der Waals surface area contributed by atoms with E-state index in [4.69, 9.17) is 23.1 Å². The summed E-state index contributed by atoms with van der Waals surface area (Å²) in [5.74, 6) is 0.422. The predicted octanol–water partition coefficient (Wildman–Crippen LogP) is 0.720. The molecule has 1 amide bonds. The average Bonchev–Trinajstić information content (AvgIpc) is 3.11. The van der Waals surface area contributed by atoms with Gasteiger partial charge in [-0.2, -0.15) is 0 Å². The fourth-order valence-corrected chi connectivity index (χ4v) is 2.82. The molecule has 4 N–H and O–H groups in total. The van der Waals surface area contributed by atoms with Crippen molar-refractivity contribution in [3.63, 3.8) is 0 Å². The Labute approximate surface area is 107 Å². The number of aliphatic hydroxyl groups excluding tert-OH is 1. The molecular weight excluding hydrogens is 236 g/mol. The van der Waals surface area contributed by atoms with Crippen LogP contribution in [0.25, 0.3) is 0 Å². The van der Waals surface area contributed by atoms with Gasteiger partial charge in [-0.3, -0.25) is 4.79 Å². The lowest BCUT2D eigenvalue weighted by Crippen LogP contribution is -2.45. The first-order valence-corrected chi connectivity index (χ1v) is 6.71. The Morgan fingerprint density at radius 3 is 2.35 bits per heavy atom. The fraction of sp³-hybridized carbons (Fsp3) is 0.833. The van der Waals surface area contributed by atoms with Gasteiger partial charge in [-0.1, -0.05) is 12.2 Å². The largest absolute Gasteiger partial charge is 0.396 e. The van der Waals surface area contributed by atoms with Crippen LogP contribution in [0, 0.1) is 11.3 Å². The molecule has 0 saturated heterocycles. The van der Waals surface area contributed by atoms with Crippen molar-refractivity contribution in [2.45, 2.75) is 44.6 Å². The summed E-state index contributed by atoms with van der Waals surface area (Å²) in [4.78, 5) is 12.4. The molecule has 0 aliphatic heterocycles. The molecule has 2 aliphatic carbocycles. The van der Waals surface area contributed by atoms with Crippen LogP contribution in [0.5, 0.6) is 0 Å². The Morgan fingerprint density at radius 2 is 1.94 bits per heavy atom. The van der Waals surface area contributed by atoms with Gasteiger partial charge in [-0.15, -0.1) is 0 Å². The summed E-state index contributed by atoms with van der Waals surface area (Å²) >= 11 is 4.96. The summed E-state index contributed by atoms with van der Waals surface area (Å²) in [5.41, 5.74) is 5.08. The maximum Gasteiger partial charge on any atom is 0.233 e. The smallest absolute Gasteiger partial charge is 0.233 e. The molecule has 0 aromatic rings. The standard InChI is InChI=1S/C12H20N2O2S/c13-10(17)12(5-6-12)11(16)14-9-3-1-8(7-15)2-4-9/h8-9,15H,1-7H2,(H2,13,17)(H,14,16). The number of carbonyl (C=O) groups excluding carboxylic acids is 1. The van der Waals surface area contributed by atoms with Gasteiger partial charge in [0.15, 0.2) is 0 Å². The zero-order chi connectivity index (χ0) is 12.5. The maximum absolute atomic E-state index is 12.1. The molecule has 0 atom stereocenters. The SMILES string of the molecule is NC(=S)C1(C(=O)NC2CCC(CO)CC2)CC1. The van der Waals surface area contributed by atoms with Crippen molar-refractivity contribution in [1.82, 2.24) is 5.32 Å². The van der Waals surface area contributed by atoms with Crippen LogP contribution in [-0.4, -0.2) is 28.7 Å². The first-order valence-electron chi connectivity index (χ1n) is 6.30. The first-order chi connectivity index (χ1) is 8.08. The highest BCUT2D eigenvalue weighted by atomic mass is 32.1. The van der Waals surface area contributed by atoms with E-state index >= 15 is 0 Å². The average molecular weight is 256 g/mol. The van der Waals surface area contributed by atoms with Crippen molar-refractivity contribution in [2.75, 3.05) is 6.61 Å². The number of amides is 1. The Kier molecular flexibility index (Phi) is 3.68. The van der Waals surface area contributed by atoms with Crippen LogP contribution in [0.2, 0.25) is 0 Å². The summed E-state index contributed by atoms with van der Waals surface area (Å²) in [6, 6.07) is 0.233. The Hall–Kier alpha value is -0.680. The molecule has 5 heteroatoms. The van der Waals surface area contributed by atoms with E-state index in [2.05, 4.69) is 5.32 Å². The van der Waals surface area contributed by atoms with Crippen LogP contribution in [0.1, 0.15) is 38.5 Å². The molecule has 0 heterocycles. The highest BCUT2D eigenvalue weighted by Gasteiger charge is 2.53. The van der Waals surface area contributed by atoms with E-state index in [1.807, 2.05) is 0 Å². The summed E-state index contributed by atoms with van der Waals surface area (Å²) in [5, 5.41) is 12.1. The van der Waals surface area contributed by atoms with Gasteiger partial charge in [0.05, 0.1) is 10.4 Å². The second kappa shape index (κ2) is 4.90. The van der Waals surface area contributed by atoms with Crippen LogP contribution >= 0.6 is 12.2 Å². The highest BCUT2D eigenvalue weighted by Crippen LogP contribution is 2.46. The third-order valence-corrected chi connectivity index (χ3v) is 4.49. The summed E-state index contributed by atoms with van der Waals surface area (Å²) < 4.78 is 0. The molecule has 2 saturated carbocycles. The molecule has 4 nitrogen and oxygen atoms in total. The van der Waals surface area contributed by atoms with Gasteiger partial charge in [0, 0.05) is 12.6 Å². The Balaban J connectivity index is 1.82. The normalized spacial score (nSPS) is 30.6. The first kappa shape index (κ1) is 12.8. The number of aliphatic hydroxyl groups is 1. The van der Waals surface area contributed by atoms with E-state index in [0.29, 0.717) is 10.9 Å². The van der Waals surface area contributed by atoms with Crippen molar-refractivity contribution in [1.29, 1.82) is 0 Å². The lowest BCUT2D eigenvalue weighted by molar-refractivity contribution is -0.125. The molecule has 0 spiro atoms. The van der Waals surface area contributed by atoms with Gasteiger partial charge in [-0.05, 0) is 44.4 Å². The molecule has 0 aromatic heterocycles. The van der Waals surface area contributed by atoms with Crippen LogP contribution in [0.4, 0.5) is 0 Å². The molecule has 0 radical (unpaired) electrons. The van der Waals surface area contributed by atoms with E-state index in [9.17, 15) is 4.79 Å². The number of hydrogen-bond donors (Lipinski definition) is 3. The number of hydrogen-bond acceptors (Lipinski definition) is 3. The zero-order valence-corrected chi connectivity index (χ0v) is 10.8. The van der Waals surface area contributed by atoms with Gasteiger partial charge >= 0.3 is 0 Å². The van der Waals surface area contributed by atoms with E-state index < -0.39 is 5.41 Å². The lowest BCUT2D eigenvalue weighted by atomic mass is 9.86. The highest BCUT2D eigenvalue weighted by molar-refractivity contribution is 7.80. The number of carbonyl (C=O) groups is 1. The molecule has 2 rings (SSSR count). The number of nitrogens with one attached hydrogen (secondary N) is 1. The van der Waals surface area contributed by atoms with Gasteiger partial charge in [0.1, 0.15) is 0 Å². The third-order valence-electron chi connectivity index (χ3n) is 4.10. The van der Waals surface area contributed by atoms with E-state index in [1.165, 1.54) is 0 Å². The number of nitrogens with two attached hydrogens (primary N) is 1. The van der Waals surface area contributed by atoms with E-state index in [1.54, 1.807) is 0 Å². The van der Waals surface area contributed by atoms with Crippen LogP contribution in [0.15, 0.2) is 0 Å². The predicted molar refractivity (Wildman–Crippen MR) is 69.4 cm³/mol. The minimum atomic E-state index is -0.539. The maximum atomic E-state index is 12.1.